The molecule has 1 fully saturated rings. The van der Waals surface area contributed by atoms with E-state index in [2.05, 4.69) is 4.98 Å². The van der Waals surface area contributed by atoms with E-state index >= 15 is 0 Å². The van der Waals surface area contributed by atoms with Gasteiger partial charge in [-0.2, -0.15) is 13.2 Å². The summed E-state index contributed by atoms with van der Waals surface area (Å²) in [6.45, 7) is 0. The van der Waals surface area contributed by atoms with E-state index < -0.39 is 11.6 Å². The molecule has 4 heteroatoms. The van der Waals surface area contributed by atoms with Gasteiger partial charge < -0.3 is 0 Å². The van der Waals surface area contributed by atoms with E-state index in [9.17, 15) is 13.2 Å². The van der Waals surface area contributed by atoms with Gasteiger partial charge in [-0.1, -0.05) is 6.07 Å². The highest BCUT2D eigenvalue weighted by Gasteiger charge is 2.62. The van der Waals surface area contributed by atoms with Gasteiger partial charge in [-0.3, -0.25) is 4.98 Å². The monoisotopic (exact) mass is 201 g/mol. The molecule has 0 aromatic carbocycles. The van der Waals surface area contributed by atoms with Crippen molar-refractivity contribution in [3.05, 3.63) is 30.1 Å². The maximum absolute atomic E-state index is 12.6. The lowest BCUT2D eigenvalue weighted by molar-refractivity contribution is -0.186. The van der Waals surface area contributed by atoms with E-state index in [1.165, 1.54) is 6.20 Å². The second kappa shape index (κ2) is 2.97. The Morgan fingerprint density at radius 2 is 2.07 bits per heavy atom. The highest BCUT2D eigenvalue weighted by atomic mass is 19.4. The van der Waals surface area contributed by atoms with Crippen molar-refractivity contribution in [2.24, 2.45) is 5.41 Å². The van der Waals surface area contributed by atoms with Crippen LogP contribution in [0.3, 0.4) is 0 Å². The number of hydrogen-bond acceptors (Lipinski definition) is 1. The first-order chi connectivity index (χ1) is 6.54. The van der Waals surface area contributed by atoms with Gasteiger partial charge in [-0.15, -0.1) is 0 Å². The molecule has 0 amide bonds. The summed E-state index contributed by atoms with van der Waals surface area (Å²) in [6, 6.07) is 3.36. The third kappa shape index (κ3) is 1.61. The molecule has 0 radical (unpaired) electrons. The molecule has 1 nitrogen and oxygen atoms in total. The number of nitrogens with zero attached hydrogens (tertiary/aromatic N) is 1. The van der Waals surface area contributed by atoms with Gasteiger partial charge in [-0.25, -0.2) is 0 Å². The van der Waals surface area contributed by atoms with Crippen LogP contribution in [0.15, 0.2) is 24.5 Å². The van der Waals surface area contributed by atoms with Gasteiger partial charge in [0.2, 0.25) is 0 Å². The summed E-state index contributed by atoms with van der Waals surface area (Å²) in [4.78, 5) is 3.81. The molecule has 0 unspecified atom stereocenters. The molecule has 1 aromatic rings. The van der Waals surface area contributed by atoms with E-state index in [4.69, 9.17) is 0 Å². The molecule has 1 aliphatic rings. The van der Waals surface area contributed by atoms with Crippen LogP contribution in [0.5, 0.6) is 0 Å². The molecule has 2 rings (SSSR count). The summed E-state index contributed by atoms with van der Waals surface area (Å²) in [5.41, 5.74) is -0.780. The molecule has 0 N–H and O–H groups in total. The van der Waals surface area contributed by atoms with Crippen molar-refractivity contribution in [3.63, 3.8) is 0 Å². The van der Waals surface area contributed by atoms with Gasteiger partial charge in [0.05, 0.1) is 5.41 Å². The van der Waals surface area contributed by atoms with Crippen molar-refractivity contribution < 1.29 is 13.2 Å². The van der Waals surface area contributed by atoms with Crippen molar-refractivity contribution in [3.8, 4) is 0 Å². The molecule has 14 heavy (non-hydrogen) atoms. The minimum atomic E-state index is -4.07. The molecule has 0 atom stereocenters. The molecule has 76 valence electrons. The van der Waals surface area contributed by atoms with Crippen LogP contribution in [0.4, 0.5) is 13.2 Å². The quantitative estimate of drug-likeness (QED) is 0.716. The Hall–Kier alpha value is -1.06. The maximum Gasteiger partial charge on any atom is 0.394 e. The molecule has 0 saturated heterocycles. The van der Waals surface area contributed by atoms with E-state index in [1.807, 2.05) is 0 Å². The summed E-state index contributed by atoms with van der Waals surface area (Å²) in [5.74, 6) is 0. The zero-order valence-corrected chi connectivity index (χ0v) is 7.51. The zero-order valence-electron chi connectivity index (χ0n) is 7.51. The highest BCUT2D eigenvalue weighted by Crippen LogP contribution is 2.59. The average Bonchev–Trinajstić information content (AvgIpc) is 2.86. The number of hydrogen-bond donors (Lipinski definition) is 0. The molecule has 1 heterocycles. The van der Waals surface area contributed by atoms with Crippen molar-refractivity contribution in [1.29, 1.82) is 0 Å². The Labute approximate surface area is 80.0 Å². The Kier molecular flexibility index (Phi) is 2.01. The van der Waals surface area contributed by atoms with Crippen LogP contribution in [0.2, 0.25) is 0 Å². The van der Waals surface area contributed by atoms with Crippen LogP contribution in [0.25, 0.3) is 0 Å². The van der Waals surface area contributed by atoms with Crippen LogP contribution in [-0.2, 0) is 6.42 Å². The minimum absolute atomic E-state index is 0.0737. The molecule has 1 aromatic heterocycles. The van der Waals surface area contributed by atoms with E-state index in [0.29, 0.717) is 5.56 Å². The number of aromatic nitrogens is 1. The van der Waals surface area contributed by atoms with Crippen molar-refractivity contribution in [2.45, 2.75) is 25.4 Å². The largest absolute Gasteiger partial charge is 0.394 e. The lowest BCUT2D eigenvalue weighted by Gasteiger charge is -2.18. The first-order valence-corrected chi connectivity index (χ1v) is 4.49. The van der Waals surface area contributed by atoms with Gasteiger partial charge >= 0.3 is 6.18 Å². The fourth-order valence-electron chi connectivity index (χ4n) is 1.60. The summed E-state index contributed by atoms with van der Waals surface area (Å²) in [7, 11) is 0. The standard InChI is InChI=1S/C10H10F3N/c11-10(12,13)9(3-4-9)6-8-2-1-5-14-7-8/h1-2,5,7H,3-4,6H2. The number of pyridine rings is 1. The average molecular weight is 201 g/mol. The molecular formula is C10H10F3N. The molecule has 0 aliphatic heterocycles. The number of alkyl halides is 3. The smallest absolute Gasteiger partial charge is 0.264 e. The SMILES string of the molecule is FC(F)(F)C1(Cc2cccnc2)CC1. The van der Waals surface area contributed by atoms with Crippen molar-refractivity contribution in [2.75, 3.05) is 0 Å². The first-order valence-electron chi connectivity index (χ1n) is 4.49. The molecule has 0 spiro atoms. The maximum atomic E-state index is 12.6. The highest BCUT2D eigenvalue weighted by molar-refractivity contribution is 5.15. The first kappa shape index (κ1) is 9.49. The summed E-state index contributed by atoms with van der Waals surface area (Å²) in [5, 5.41) is 0. The van der Waals surface area contributed by atoms with Gasteiger partial charge in [0.1, 0.15) is 0 Å². The predicted molar refractivity (Wildman–Crippen MR) is 45.7 cm³/mol. The number of halogens is 3. The summed E-state index contributed by atoms with van der Waals surface area (Å²) < 4.78 is 37.7. The number of rotatable bonds is 2. The van der Waals surface area contributed by atoms with Crippen LogP contribution in [0.1, 0.15) is 18.4 Å². The topological polar surface area (TPSA) is 12.9 Å². The second-order valence-corrected chi connectivity index (χ2v) is 3.82. The molecule has 1 saturated carbocycles. The lowest BCUT2D eigenvalue weighted by atomic mass is 9.97. The van der Waals surface area contributed by atoms with Crippen LogP contribution in [0, 0.1) is 5.41 Å². The fraction of sp³-hybridized carbons (Fsp3) is 0.500. The van der Waals surface area contributed by atoms with Gasteiger partial charge in [-0.05, 0) is 30.9 Å². The van der Waals surface area contributed by atoms with E-state index in [1.54, 1.807) is 18.3 Å². The molecular weight excluding hydrogens is 191 g/mol. The lowest BCUT2D eigenvalue weighted by Crippen LogP contribution is -2.26. The van der Waals surface area contributed by atoms with Gasteiger partial charge in [0.25, 0.3) is 0 Å². The third-order valence-corrected chi connectivity index (χ3v) is 2.72. The Morgan fingerprint density at radius 1 is 1.36 bits per heavy atom. The molecule has 1 aliphatic carbocycles. The van der Waals surface area contributed by atoms with Gasteiger partial charge in [0.15, 0.2) is 0 Å². The minimum Gasteiger partial charge on any atom is -0.264 e. The Morgan fingerprint density at radius 3 is 2.50 bits per heavy atom. The Balaban J connectivity index is 2.13. The van der Waals surface area contributed by atoms with E-state index in [-0.39, 0.29) is 19.3 Å². The Bertz CT molecular complexity index is 314. The fourth-order valence-corrected chi connectivity index (χ4v) is 1.60. The summed E-state index contributed by atoms with van der Waals surface area (Å²) in [6.07, 6.45) is -0.410. The van der Waals surface area contributed by atoms with E-state index in [0.717, 1.165) is 0 Å². The van der Waals surface area contributed by atoms with Gasteiger partial charge in [0, 0.05) is 12.4 Å². The molecule has 0 bridgehead atoms. The normalized spacial score (nSPS) is 19.4. The van der Waals surface area contributed by atoms with Crippen molar-refractivity contribution in [1.82, 2.24) is 4.98 Å². The summed E-state index contributed by atoms with van der Waals surface area (Å²) >= 11 is 0. The van der Waals surface area contributed by atoms with Crippen LogP contribution in [-0.4, -0.2) is 11.2 Å². The van der Waals surface area contributed by atoms with Crippen LogP contribution < -0.4 is 0 Å². The third-order valence-electron chi connectivity index (χ3n) is 2.72. The second-order valence-electron chi connectivity index (χ2n) is 3.82. The predicted octanol–water partition coefficient (Wildman–Crippen LogP) is 2.97. The zero-order chi connectivity index (χ0) is 10.2. The van der Waals surface area contributed by atoms with Crippen molar-refractivity contribution >= 4 is 0 Å². The van der Waals surface area contributed by atoms with Crippen LogP contribution >= 0.6 is 0 Å².